The van der Waals surface area contributed by atoms with Crippen LogP contribution in [0.5, 0.6) is 11.5 Å². The molecule has 2 N–H and O–H groups in total. The number of primary amides is 1. The van der Waals surface area contributed by atoms with Gasteiger partial charge in [-0.3, -0.25) is 9.59 Å². The number of methoxy groups -OCH3 is 1. The van der Waals surface area contributed by atoms with E-state index in [1.165, 1.54) is 36.3 Å². The largest absolute Gasteiger partial charge is 0.493 e. The summed E-state index contributed by atoms with van der Waals surface area (Å²) in [6, 6.07) is 9.05. The number of likely N-dealkylation sites (N-methyl/N-ethyl adjacent to an activating group) is 1. The van der Waals surface area contributed by atoms with Gasteiger partial charge in [-0.1, -0.05) is 23.7 Å². The van der Waals surface area contributed by atoms with Gasteiger partial charge >= 0.3 is 0 Å². The number of rotatable bonds is 8. The Balaban J connectivity index is 2.11. The van der Waals surface area contributed by atoms with Gasteiger partial charge in [-0.05, 0) is 36.2 Å². The first-order valence-corrected chi connectivity index (χ1v) is 8.48. The monoisotopic (exact) mass is 394 g/mol. The molecule has 0 unspecified atom stereocenters. The van der Waals surface area contributed by atoms with Crippen LogP contribution in [0.25, 0.3) is 0 Å². The van der Waals surface area contributed by atoms with Gasteiger partial charge in [0.15, 0.2) is 18.1 Å². The zero-order chi connectivity index (χ0) is 20.0. The number of carbonyl (C=O) groups is 2. The molecular weight excluding hydrogens is 375 g/mol. The molecule has 0 atom stereocenters. The summed E-state index contributed by atoms with van der Waals surface area (Å²) in [7, 11) is 3.05. The summed E-state index contributed by atoms with van der Waals surface area (Å²) in [4.78, 5) is 25.1. The zero-order valence-corrected chi connectivity index (χ0v) is 15.8. The minimum Gasteiger partial charge on any atom is -0.493 e. The summed E-state index contributed by atoms with van der Waals surface area (Å²) in [6.07, 6.45) is 0.577. The molecule has 2 amide bonds. The molecule has 0 aliphatic rings. The van der Waals surface area contributed by atoms with Crippen LogP contribution >= 0.6 is 11.6 Å². The molecule has 0 bridgehead atoms. The lowest BCUT2D eigenvalue weighted by atomic mass is 10.1. The molecule has 8 heteroatoms. The second kappa shape index (κ2) is 9.23. The van der Waals surface area contributed by atoms with Crippen molar-refractivity contribution in [3.63, 3.8) is 0 Å². The van der Waals surface area contributed by atoms with Crippen LogP contribution < -0.4 is 15.2 Å². The van der Waals surface area contributed by atoms with Crippen molar-refractivity contribution in [2.45, 2.75) is 6.42 Å². The fourth-order valence-corrected chi connectivity index (χ4v) is 2.66. The number of halogens is 2. The van der Waals surface area contributed by atoms with E-state index in [4.69, 9.17) is 26.8 Å². The smallest absolute Gasteiger partial charge is 0.255 e. The first-order chi connectivity index (χ1) is 12.8. The highest BCUT2D eigenvalue weighted by Gasteiger charge is 2.19. The van der Waals surface area contributed by atoms with Crippen molar-refractivity contribution >= 4 is 23.4 Å². The molecule has 0 heterocycles. The summed E-state index contributed by atoms with van der Waals surface area (Å²) in [5, 5.41) is 0.130. The molecule has 6 nitrogen and oxygen atoms in total. The second-order valence-electron chi connectivity index (χ2n) is 5.85. The van der Waals surface area contributed by atoms with Crippen LogP contribution in [0.3, 0.4) is 0 Å². The number of hydrogen-bond donors (Lipinski definition) is 1. The van der Waals surface area contributed by atoms with Crippen LogP contribution in [0.2, 0.25) is 5.02 Å². The Hall–Kier alpha value is -2.80. The third kappa shape index (κ3) is 5.59. The van der Waals surface area contributed by atoms with E-state index in [9.17, 15) is 14.0 Å². The molecule has 0 spiro atoms. The predicted octanol–water partition coefficient (Wildman–Crippen LogP) is 2.67. The maximum atomic E-state index is 13.0. The lowest BCUT2D eigenvalue weighted by Crippen LogP contribution is -2.29. The Morgan fingerprint density at radius 2 is 1.89 bits per heavy atom. The quantitative estimate of drug-likeness (QED) is 0.746. The summed E-state index contributed by atoms with van der Waals surface area (Å²) in [5.74, 6) is -0.862. The van der Waals surface area contributed by atoms with Crippen molar-refractivity contribution in [3.05, 3.63) is 58.4 Å². The van der Waals surface area contributed by atoms with E-state index < -0.39 is 5.91 Å². The van der Waals surface area contributed by atoms with Crippen LogP contribution in [-0.2, 0) is 11.2 Å². The molecule has 0 saturated heterocycles. The van der Waals surface area contributed by atoms with Crippen molar-refractivity contribution in [1.82, 2.24) is 4.90 Å². The number of nitrogens with two attached hydrogens (primary N) is 1. The maximum Gasteiger partial charge on any atom is 0.255 e. The minimum absolute atomic E-state index is 0.130. The second-order valence-corrected chi connectivity index (χ2v) is 6.25. The minimum atomic E-state index is -0.659. The Labute approximate surface area is 161 Å². The van der Waals surface area contributed by atoms with Crippen molar-refractivity contribution in [2.24, 2.45) is 5.73 Å². The highest BCUT2D eigenvalue weighted by atomic mass is 35.5. The van der Waals surface area contributed by atoms with Gasteiger partial charge in [-0.25, -0.2) is 4.39 Å². The normalized spacial score (nSPS) is 10.4. The SMILES string of the molecule is COc1cc(C(=O)N(C)CCc2ccc(F)cc2)cc(Cl)c1OCC(N)=O. The third-order valence-electron chi connectivity index (χ3n) is 3.83. The maximum absolute atomic E-state index is 13.0. The van der Waals surface area contributed by atoms with Gasteiger partial charge in [0, 0.05) is 19.2 Å². The topological polar surface area (TPSA) is 81.9 Å². The van der Waals surface area contributed by atoms with Gasteiger partial charge < -0.3 is 20.1 Å². The number of hydrogen-bond acceptors (Lipinski definition) is 4. The summed E-state index contributed by atoms with van der Waals surface area (Å²) < 4.78 is 23.4. The molecule has 0 saturated carbocycles. The average molecular weight is 395 g/mol. The molecule has 0 aliphatic carbocycles. The van der Waals surface area contributed by atoms with E-state index in [1.54, 1.807) is 19.2 Å². The van der Waals surface area contributed by atoms with Crippen LogP contribution in [-0.4, -0.2) is 44.0 Å². The lowest BCUT2D eigenvalue weighted by Gasteiger charge is -2.19. The standard InChI is InChI=1S/C19H20ClFN2O4/c1-23(8-7-12-3-5-14(21)6-4-12)19(25)13-9-15(20)18(16(10-13)26-2)27-11-17(22)24/h3-6,9-10H,7-8,11H2,1-2H3,(H2,22,24). The van der Waals surface area contributed by atoms with E-state index >= 15 is 0 Å². The highest BCUT2D eigenvalue weighted by Crippen LogP contribution is 2.36. The van der Waals surface area contributed by atoms with Gasteiger partial charge in [-0.2, -0.15) is 0 Å². The van der Waals surface area contributed by atoms with Gasteiger partial charge in [0.2, 0.25) is 0 Å². The fourth-order valence-electron chi connectivity index (χ4n) is 2.40. The summed E-state index contributed by atoms with van der Waals surface area (Å²) >= 11 is 6.17. The van der Waals surface area contributed by atoms with Crippen LogP contribution in [0.4, 0.5) is 4.39 Å². The molecule has 2 rings (SSSR count). The summed E-state index contributed by atoms with van der Waals surface area (Å²) in [6.45, 7) is 0.0747. The van der Waals surface area contributed by atoms with Crippen LogP contribution in [0.1, 0.15) is 15.9 Å². The molecule has 144 valence electrons. The predicted molar refractivity (Wildman–Crippen MR) is 99.8 cm³/mol. The van der Waals surface area contributed by atoms with E-state index in [1.807, 2.05) is 0 Å². The van der Waals surface area contributed by atoms with E-state index in [-0.39, 0.29) is 34.9 Å². The fraction of sp³-hybridized carbons (Fsp3) is 0.263. The van der Waals surface area contributed by atoms with Gasteiger partial charge in [0.25, 0.3) is 11.8 Å². The van der Waals surface area contributed by atoms with E-state index in [0.717, 1.165) is 5.56 Å². The zero-order valence-electron chi connectivity index (χ0n) is 15.0. The molecule has 0 aliphatic heterocycles. The molecule has 0 radical (unpaired) electrons. The van der Waals surface area contributed by atoms with E-state index in [0.29, 0.717) is 18.5 Å². The van der Waals surface area contributed by atoms with Crippen LogP contribution in [0.15, 0.2) is 36.4 Å². The Kier molecular flexibility index (Phi) is 7.01. The van der Waals surface area contributed by atoms with Gasteiger partial charge in [0.1, 0.15) is 5.82 Å². The number of amides is 2. The number of benzene rings is 2. The molecule has 27 heavy (non-hydrogen) atoms. The molecule has 2 aromatic rings. The first kappa shape index (κ1) is 20.5. The first-order valence-electron chi connectivity index (χ1n) is 8.10. The van der Waals surface area contributed by atoms with Crippen molar-refractivity contribution < 1.29 is 23.5 Å². The van der Waals surface area contributed by atoms with Crippen molar-refractivity contribution in [1.29, 1.82) is 0 Å². The third-order valence-corrected chi connectivity index (χ3v) is 4.11. The number of ether oxygens (including phenoxy) is 2. The Bertz CT molecular complexity index is 827. The molecule has 2 aromatic carbocycles. The molecular formula is C19H20ClFN2O4. The summed E-state index contributed by atoms with van der Waals surface area (Å²) in [5.41, 5.74) is 6.29. The Morgan fingerprint density at radius 3 is 2.48 bits per heavy atom. The highest BCUT2D eigenvalue weighted by molar-refractivity contribution is 6.32. The average Bonchev–Trinajstić information content (AvgIpc) is 2.64. The Morgan fingerprint density at radius 1 is 1.22 bits per heavy atom. The van der Waals surface area contributed by atoms with Crippen molar-refractivity contribution in [2.75, 3.05) is 27.3 Å². The van der Waals surface area contributed by atoms with Gasteiger partial charge in [0.05, 0.1) is 12.1 Å². The lowest BCUT2D eigenvalue weighted by molar-refractivity contribution is -0.119. The van der Waals surface area contributed by atoms with Crippen molar-refractivity contribution in [3.8, 4) is 11.5 Å². The van der Waals surface area contributed by atoms with Gasteiger partial charge in [-0.15, -0.1) is 0 Å². The number of carbonyl (C=O) groups excluding carboxylic acids is 2. The molecule has 0 aromatic heterocycles. The van der Waals surface area contributed by atoms with E-state index in [2.05, 4.69) is 0 Å². The number of nitrogens with zero attached hydrogens (tertiary/aromatic N) is 1. The van der Waals surface area contributed by atoms with Crippen LogP contribution in [0, 0.1) is 5.82 Å². The molecule has 0 fully saturated rings.